The van der Waals surface area contributed by atoms with Crippen molar-refractivity contribution >= 4 is 23.8 Å². The van der Waals surface area contributed by atoms with Crippen LogP contribution in [0, 0.1) is 11.6 Å². The SMILES string of the molecule is CC(C)(C)OC(=O)NC(C=O)CNc1cc(F)c(F)cc1N. The van der Waals surface area contributed by atoms with Gasteiger partial charge in [0.05, 0.1) is 11.4 Å². The van der Waals surface area contributed by atoms with Gasteiger partial charge in [-0.3, -0.25) is 0 Å². The lowest BCUT2D eigenvalue weighted by Gasteiger charge is -2.22. The molecule has 0 bridgehead atoms. The molecule has 1 amide bonds. The van der Waals surface area contributed by atoms with E-state index in [-0.39, 0.29) is 17.9 Å². The summed E-state index contributed by atoms with van der Waals surface area (Å²) in [7, 11) is 0. The lowest BCUT2D eigenvalue weighted by atomic mass is 10.2. The van der Waals surface area contributed by atoms with Crippen molar-refractivity contribution in [1.82, 2.24) is 5.32 Å². The summed E-state index contributed by atoms with van der Waals surface area (Å²) in [6, 6.07) is 0.789. The van der Waals surface area contributed by atoms with Gasteiger partial charge in [-0.15, -0.1) is 0 Å². The number of rotatable bonds is 5. The Morgan fingerprint density at radius 2 is 1.95 bits per heavy atom. The van der Waals surface area contributed by atoms with Gasteiger partial charge in [0.15, 0.2) is 11.6 Å². The number of nitrogen functional groups attached to an aromatic ring is 1. The molecular formula is C14H19F2N3O3. The summed E-state index contributed by atoms with van der Waals surface area (Å²) >= 11 is 0. The summed E-state index contributed by atoms with van der Waals surface area (Å²) in [6.45, 7) is 4.99. The molecule has 0 spiro atoms. The molecule has 1 unspecified atom stereocenters. The zero-order chi connectivity index (χ0) is 16.9. The molecule has 0 aliphatic rings. The van der Waals surface area contributed by atoms with Crippen LogP contribution in [0.25, 0.3) is 0 Å². The molecule has 1 atom stereocenters. The molecule has 6 nitrogen and oxygen atoms in total. The van der Waals surface area contributed by atoms with E-state index < -0.39 is 29.4 Å². The second-order valence-electron chi connectivity index (χ2n) is 5.62. The number of aldehydes is 1. The molecule has 122 valence electrons. The van der Waals surface area contributed by atoms with Crippen LogP contribution >= 0.6 is 0 Å². The van der Waals surface area contributed by atoms with Gasteiger partial charge in [-0.1, -0.05) is 0 Å². The number of halogens is 2. The van der Waals surface area contributed by atoms with Crippen LogP contribution < -0.4 is 16.4 Å². The number of hydrogen-bond acceptors (Lipinski definition) is 5. The standard InChI is InChI=1S/C14H19F2N3O3/c1-14(2,3)22-13(21)19-8(7-20)6-18-12-5-10(16)9(15)4-11(12)17/h4-5,7-8,18H,6,17H2,1-3H3,(H,19,21). The average Bonchev–Trinajstić information content (AvgIpc) is 2.37. The normalized spacial score (nSPS) is 12.4. The molecular weight excluding hydrogens is 296 g/mol. The van der Waals surface area contributed by atoms with Crippen LogP contribution in [0.1, 0.15) is 20.8 Å². The van der Waals surface area contributed by atoms with Gasteiger partial charge in [-0.2, -0.15) is 0 Å². The molecule has 1 rings (SSSR count). The minimum Gasteiger partial charge on any atom is -0.444 e. The largest absolute Gasteiger partial charge is 0.444 e. The Morgan fingerprint density at radius 1 is 1.36 bits per heavy atom. The molecule has 0 saturated heterocycles. The first-order chi connectivity index (χ1) is 10.1. The molecule has 22 heavy (non-hydrogen) atoms. The van der Waals surface area contributed by atoms with E-state index in [0.29, 0.717) is 6.29 Å². The Kier molecular flexibility index (Phi) is 5.67. The fourth-order valence-corrected chi connectivity index (χ4v) is 1.53. The highest BCUT2D eigenvalue weighted by Crippen LogP contribution is 2.21. The molecule has 1 aromatic rings. The highest BCUT2D eigenvalue weighted by molar-refractivity contribution is 5.74. The molecule has 0 aliphatic carbocycles. The summed E-state index contributed by atoms with van der Waals surface area (Å²) < 4.78 is 31.1. The van der Waals surface area contributed by atoms with Gasteiger partial charge in [0.25, 0.3) is 0 Å². The van der Waals surface area contributed by atoms with Gasteiger partial charge < -0.3 is 25.9 Å². The van der Waals surface area contributed by atoms with E-state index in [1.807, 2.05) is 0 Å². The lowest BCUT2D eigenvalue weighted by Crippen LogP contribution is -2.43. The summed E-state index contributed by atoms with van der Waals surface area (Å²) in [5, 5.41) is 5.01. The fraction of sp³-hybridized carbons (Fsp3) is 0.429. The fourth-order valence-electron chi connectivity index (χ4n) is 1.53. The molecule has 0 fully saturated rings. The van der Waals surface area contributed by atoms with Gasteiger partial charge in [0.1, 0.15) is 17.9 Å². The molecule has 0 saturated carbocycles. The predicted molar refractivity (Wildman–Crippen MR) is 78.5 cm³/mol. The van der Waals surface area contributed by atoms with E-state index in [9.17, 15) is 18.4 Å². The third kappa shape index (κ3) is 5.55. The van der Waals surface area contributed by atoms with E-state index in [2.05, 4.69) is 10.6 Å². The number of amides is 1. The molecule has 0 heterocycles. The second-order valence-corrected chi connectivity index (χ2v) is 5.62. The number of benzene rings is 1. The van der Waals surface area contributed by atoms with E-state index in [1.54, 1.807) is 20.8 Å². The van der Waals surface area contributed by atoms with Crippen LogP contribution in [0.15, 0.2) is 12.1 Å². The van der Waals surface area contributed by atoms with Crippen LogP contribution in [0.4, 0.5) is 25.0 Å². The monoisotopic (exact) mass is 315 g/mol. The number of alkyl carbamates (subject to hydrolysis) is 1. The lowest BCUT2D eigenvalue weighted by molar-refractivity contribution is -0.109. The quantitative estimate of drug-likeness (QED) is 0.571. The first kappa shape index (κ1) is 17.7. The van der Waals surface area contributed by atoms with Crippen molar-refractivity contribution in [1.29, 1.82) is 0 Å². The summed E-state index contributed by atoms with van der Waals surface area (Å²) in [4.78, 5) is 22.5. The van der Waals surface area contributed by atoms with Crippen molar-refractivity contribution in [2.75, 3.05) is 17.6 Å². The van der Waals surface area contributed by atoms with E-state index in [0.717, 1.165) is 12.1 Å². The highest BCUT2D eigenvalue weighted by Gasteiger charge is 2.19. The van der Waals surface area contributed by atoms with Crippen molar-refractivity contribution in [3.63, 3.8) is 0 Å². The van der Waals surface area contributed by atoms with Crippen LogP contribution in [-0.4, -0.2) is 30.6 Å². The van der Waals surface area contributed by atoms with Crippen molar-refractivity contribution in [2.45, 2.75) is 32.4 Å². The van der Waals surface area contributed by atoms with Crippen LogP contribution in [0.5, 0.6) is 0 Å². The van der Waals surface area contributed by atoms with Crippen LogP contribution in [0.3, 0.4) is 0 Å². The molecule has 0 aliphatic heterocycles. The van der Waals surface area contributed by atoms with Gasteiger partial charge >= 0.3 is 6.09 Å². The molecule has 1 aromatic carbocycles. The minimum atomic E-state index is -1.07. The molecule has 0 radical (unpaired) electrons. The maximum absolute atomic E-state index is 13.1. The Labute approximate surface area is 127 Å². The Hall–Kier alpha value is -2.38. The Bertz CT molecular complexity index is 559. The first-order valence-electron chi connectivity index (χ1n) is 6.55. The second kappa shape index (κ2) is 7.06. The topological polar surface area (TPSA) is 93.4 Å². The summed E-state index contributed by atoms with van der Waals surface area (Å²) in [5.41, 5.74) is 4.94. The summed E-state index contributed by atoms with van der Waals surface area (Å²) in [5.74, 6) is -2.14. The zero-order valence-corrected chi connectivity index (χ0v) is 12.6. The maximum Gasteiger partial charge on any atom is 0.408 e. The molecule has 8 heteroatoms. The third-order valence-corrected chi connectivity index (χ3v) is 2.47. The van der Waals surface area contributed by atoms with Gasteiger partial charge in [0.2, 0.25) is 0 Å². The zero-order valence-electron chi connectivity index (χ0n) is 12.6. The van der Waals surface area contributed by atoms with Crippen molar-refractivity contribution in [2.24, 2.45) is 0 Å². The smallest absolute Gasteiger partial charge is 0.408 e. The number of ether oxygens (including phenoxy) is 1. The number of anilines is 2. The highest BCUT2D eigenvalue weighted by atomic mass is 19.2. The van der Waals surface area contributed by atoms with Crippen molar-refractivity contribution < 1.29 is 23.1 Å². The van der Waals surface area contributed by atoms with E-state index >= 15 is 0 Å². The molecule has 4 N–H and O–H groups in total. The van der Waals surface area contributed by atoms with E-state index in [1.165, 1.54) is 0 Å². The van der Waals surface area contributed by atoms with Crippen molar-refractivity contribution in [3.05, 3.63) is 23.8 Å². The number of carbonyl (C=O) groups excluding carboxylic acids is 2. The number of nitrogens with two attached hydrogens (primary N) is 1. The van der Waals surface area contributed by atoms with Crippen LogP contribution in [-0.2, 0) is 9.53 Å². The number of carbonyl (C=O) groups is 2. The van der Waals surface area contributed by atoms with Crippen molar-refractivity contribution in [3.8, 4) is 0 Å². The Balaban J connectivity index is 2.63. The molecule has 0 aromatic heterocycles. The number of hydrogen-bond donors (Lipinski definition) is 3. The average molecular weight is 315 g/mol. The number of nitrogens with one attached hydrogen (secondary N) is 2. The summed E-state index contributed by atoms with van der Waals surface area (Å²) in [6.07, 6.45) is -0.267. The van der Waals surface area contributed by atoms with Gasteiger partial charge in [-0.05, 0) is 20.8 Å². The first-order valence-corrected chi connectivity index (χ1v) is 6.55. The predicted octanol–water partition coefficient (Wildman–Crippen LogP) is 2.05. The minimum absolute atomic E-state index is 0.0131. The van der Waals surface area contributed by atoms with Gasteiger partial charge in [-0.25, -0.2) is 13.6 Å². The maximum atomic E-state index is 13.1. The Morgan fingerprint density at radius 3 is 2.50 bits per heavy atom. The van der Waals surface area contributed by atoms with E-state index in [4.69, 9.17) is 10.5 Å². The van der Waals surface area contributed by atoms with Gasteiger partial charge in [0, 0.05) is 18.7 Å². The van der Waals surface area contributed by atoms with Crippen LogP contribution in [0.2, 0.25) is 0 Å². The third-order valence-electron chi connectivity index (χ3n) is 2.47.